The predicted octanol–water partition coefficient (Wildman–Crippen LogP) is 2.60. The maximum absolute atomic E-state index is 5.46. The molecule has 0 unspecified atom stereocenters. The third-order valence-corrected chi connectivity index (χ3v) is 1.27. The van der Waals surface area contributed by atoms with Gasteiger partial charge in [0.05, 0.1) is 0 Å². The summed E-state index contributed by atoms with van der Waals surface area (Å²) < 4.78 is 0. The summed E-state index contributed by atoms with van der Waals surface area (Å²) in [7, 11) is 0. The minimum Gasteiger partial charge on any atom is -0.127 e. The standard InChI is InChI=1S/C7H11Cl/c1-3-7(4-2)5-6-8/h3-4,7H,1-2,5-6H2. The highest BCUT2D eigenvalue weighted by Crippen LogP contribution is 2.05. The Labute approximate surface area is 55.9 Å². The van der Waals surface area contributed by atoms with Gasteiger partial charge in [-0.3, -0.25) is 0 Å². The normalized spacial score (nSPS) is 9.25. The maximum atomic E-state index is 5.46. The van der Waals surface area contributed by atoms with Crippen LogP contribution >= 0.6 is 11.6 Å². The van der Waals surface area contributed by atoms with E-state index in [1.807, 2.05) is 12.2 Å². The lowest BCUT2D eigenvalue weighted by Crippen LogP contribution is -1.89. The van der Waals surface area contributed by atoms with Crippen LogP contribution in [-0.2, 0) is 0 Å². The molecular formula is C7H11Cl. The fourth-order valence-corrected chi connectivity index (χ4v) is 0.710. The lowest BCUT2D eigenvalue weighted by Gasteiger charge is -1.99. The zero-order valence-corrected chi connectivity index (χ0v) is 5.69. The van der Waals surface area contributed by atoms with Crippen molar-refractivity contribution in [3.8, 4) is 0 Å². The van der Waals surface area contributed by atoms with Gasteiger partial charge in [-0.1, -0.05) is 12.2 Å². The van der Waals surface area contributed by atoms with Gasteiger partial charge in [-0.15, -0.1) is 24.8 Å². The molecule has 0 saturated heterocycles. The molecule has 0 heterocycles. The molecular weight excluding hydrogens is 120 g/mol. The molecule has 0 aliphatic carbocycles. The molecule has 0 saturated carbocycles. The number of hydrogen-bond acceptors (Lipinski definition) is 0. The molecule has 0 rings (SSSR count). The van der Waals surface area contributed by atoms with Crippen molar-refractivity contribution in [2.75, 3.05) is 5.88 Å². The molecule has 8 heavy (non-hydrogen) atoms. The van der Waals surface area contributed by atoms with Gasteiger partial charge >= 0.3 is 0 Å². The Kier molecular flexibility index (Phi) is 4.78. The van der Waals surface area contributed by atoms with E-state index in [0.29, 0.717) is 11.8 Å². The molecule has 0 atom stereocenters. The van der Waals surface area contributed by atoms with E-state index in [1.54, 1.807) is 0 Å². The highest BCUT2D eigenvalue weighted by Gasteiger charge is 1.93. The predicted molar refractivity (Wildman–Crippen MR) is 39.2 cm³/mol. The molecule has 1 heteroatoms. The van der Waals surface area contributed by atoms with Crippen molar-refractivity contribution in [2.45, 2.75) is 6.42 Å². The van der Waals surface area contributed by atoms with Gasteiger partial charge in [0.2, 0.25) is 0 Å². The molecule has 46 valence electrons. The second-order valence-corrected chi connectivity index (χ2v) is 1.99. The summed E-state index contributed by atoms with van der Waals surface area (Å²) in [6.45, 7) is 7.24. The zero-order chi connectivity index (χ0) is 6.41. The van der Waals surface area contributed by atoms with E-state index in [0.717, 1.165) is 6.42 Å². The van der Waals surface area contributed by atoms with E-state index < -0.39 is 0 Å². The monoisotopic (exact) mass is 130 g/mol. The van der Waals surface area contributed by atoms with E-state index in [2.05, 4.69) is 13.2 Å². The Balaban J connectivity index is 3.35. The zero-order valence-electron chi connectivity index (χ0n) is 4.94. The van der Waals surface area contributed by atoms with Crippen molar-refractivity contribution >= 4 is 11.6 Å². The van der Waals surface area contributed by atoms with Crippen molar-refractivity contribution in [1.82, 2.24) is 0 Å². The van der Waals surface area contributed by atoms with Gasteiger partial charge < -0.3 is 0 Å². The van der Waals surface area contributed by atoms with E-state index in [9.17, 15) is 0 Å². The molecule has 0 amide bonds. The van der Waals surface area contributed by atoms with Crippen molar-refractivity contribution < 1.29 is 0 Å². The van der Waals surface area contributed by atoms with Crippen LogP contribution in [0.15, 0.2) is 25.3 Å². The topological polar surface area (TPSA) is 0 Å². The fraction of sp³-hybridized carbons (Fsp3) is 0.429. The summed E-state index contributed by atoms with van der Waals surface area (Å²) in [6.07, 6.45) is 4.67. The van der Waals surface area contributed by atoms with Gasteiger partial charge in [-0.25, -0.2) is 0 Å². The van der Waals surface area contributed by atoms with Crippen LogP contribution in [0.4, 0.5) is 0 Å². The van der Waals surface area contributed by atoms with Gasteiger partial charge in [0.15, 0.2) is 0 Å². The fourth-order valence-electron chi connectivity index (χ4n) is 0.458. The van der Waals surface area contributed by atoms with Gasteiger partial charge in [0.25, 0.3) is 0 Å². The largest absolute Gasteiger partial charge is 0.127 e. The molecule has 0 bridgehead atoms. The van der Waals surface area contributed by atoms with E-state index in [4.69, 9.17) is 11.6 Å². The second-order valence-electron chi connectivity index (χ2n) is 1.61. The number of alkyl halides is 1. The minimum absolute atomic E-state index is 0.396. The average Bonchev–Trinajstić information content (AvgIpc) is 1.83. The van der Waals surface area contributed by atoms with Crippen molar-refractivity contribution in [1.29, 1.82) is 0 Å². The van der Waals surface area contributed by atoms with Crippen LogP contribution in [0.2, 0.25) is 0 Å². The molecule has 0 aliphatic heterocycles. The number of hydrogen-bond donors (Lipinski definition) is 0. The Bertz CT molecular complexity index is 68.5. The van der Waals surface area contributed by atoms with Crippen LogP contribution in [0.25, 0.3) is 0 Å². The summed E-state index contributed by atoms with van der Waals surface area (Å²) in [4.78, 5) is 0. The van der Waals surface area contributed by atoms with Gasteiger partial charge in [-0.2, -0.15) is 0 Å². The number of rotatable bonds is 4. The van der Waals surface area contributed by atoms with Crippen molar-refractivity contribution in [3.63, 3.8) is 0 Å². The molecule has 0 fully saturated rings. The van der Waals surface area contributed by atoms with E-state index >= 15 is 0 Å². The van der Waals surface area contributed by atoms with Crippen molar-refractivity contribution in [2.24, 2.45) is 5.92 Å². The van der Waals surface area contributed by atoms with Crippen LogP contribution in [0.3, 0.4) is 0 Å². The first-order valence-electron chi connectivity index (χ1n) is 2.66. The van der Waals surface area contributed by atoms with E-state index in [-0.39, 0.29) is 0 Å². The van der Waals surface area contributed by atoms with Gasteiger partial charge in [0, 0.05) is 5.88 Å². The summed E-state index contributed by atoms with van der Waals surface area (Å²) in [5.41, 5.74) is 0. The minimum atomic E-state index is 0.396. The van der Waals surface area contributed by atoms with Crippen LogP contribution in [0.5, 0.6) is 0 Å². The van der Waals surface area contributed by atoms with Crippen LogP contribution in [0, 0.1) is 5.92 Å². The summed E-state index contributed by atoms with van der Waals surface area (Å²) in [6, 6.07) is 0. The molecule has 0 spiro atoms. The summed E-state index contributed by atoms with van der Waals surface area (Å²) in [5.74, 6) is 1.08. The molecule has 0 radical (unpaired) electrons. The lowest BCUT2D eigenvalue weighted by molar-refractivity contribution is 0.784. The third kappa shape index (κ3) is 2.86. The summed E-state index contributed by atoms with van der Waals surface area (Å²) in [5, 5.41) is 0. The first-order chi connectivity index (χ1) is 3.85. The van der Waals surface area contributed by atoms with Crippen LogP contribution in [0.1, 0.15) is 6.42 Å². The smallest absolute Gasteiger partial charge is 0.0232 e. The first-order valence-corrected chi connectivity index (χ1v) is 3.19. The quantitative estimate of drug-likeness (QED) is 0.406. The lowest BCUT2D eigenvalue weighted by atomic mass is 10.1. The van der Waals surface area contributed by atoms with Gasteiger partial charge in [-0.05, 0) is 12.3 Å². The number of halogens is 1. The van der Waals surface area contributed by atoms with Gasteiger partial charge in [0.1, 0.15) is 0 Å². The SMILES string of the molecule is C=CC(C=C)CCCl. The highest BCUT2D eigenvalue weighted by molar-refractivity contribution is 6.17. The third-order valence-electron chi connectivity index (χ3n) is 1.05. The average molecular weight is 131 g/mol. The van der Waals surface area contributed by atoms with E-state index in [1.165, 1.54) is 0 Å². The highest BCUT2D eigenvalue weighted by atomic mass is 35.5. The Morgan fingerprint density at radius 3 is 2.00 bits per heavy atom. The molecule has 0 aromatic rings. The Hall–Kier alpha value is -0.230. The molecule has 0 nitrogen and oxygen atoms in total. The van der Waals surface area contributed by atoms with Crippen LogP contribution < -0.4 is 0 Å². The molecule has 0 aromatic carbocycles. The second kappa shape index (κ2) is 4.92. The molecule has 0 aromatic heterocycles. The van der Waals surface area contributed by atoms with Crippen LogP contribution in [-0.4, -0.2) is 5.88 Å². The Morgan fingerprint density at radius 1 is 1.38 bits per heavy atom. The Morgan fingerprint density at radius 2 is 1.88 bits per heavy atom. The summed E-state index contributed by atoms with van der Waals surface area (Å²) >= 11 is 5.46. The van der Waals surface area contributed by atoms with Crippen molar-refractivity contribution in [3.05, 3.63) is 25.3 Å². The maximum Gasteiger partial charge on any atom is 0.0232 e. The first kappa shape index (κ1) is 7.77. The molecule has 0 aliphatic rings. The molecule has 0 N–H and O–H groups in total. The number of allylic oxidation sites excluding steroid dienone is 2.